The molecule has 0 spiro atoms. The van der Waals surface area contributed by atoms with Crippen molar-refractivity contribution in [3.8, 4) is 0 Å². The highest BCUT2D eigenvalue weighted by Crippen LogP contribution is 2.30. The zero-order valence-electron chi connectivity index (χ0n) is 9.65. The van der Waals surface area contributed by atoms with Crippen molar-refractivity contribution in [1.29, 1.82) is 0 Å². The molecule has 2 rings (SSSR count). The average Bonchev–Trinajstić information content (AvgIpc) is 2.44. The molecule has 5 nitrogen and oxygen atoms in total. The first-order valence-electron chi connectivity index (χ1n) is 5.30. The lowest BCUT2D eigenvalue weighted by atomic mass is 10.2. The average molecular weight is 342 g/mol. The van der Waals surface area contributed by atoms with Crippen LogP contribution in [0.2, 0.25) is 5.02 Å². The summed E-state index contributed by atoms with van der Waals surface area (Å²) in [5.41, 5.74) is 3.88. The van der Waals surface area contributed by atoms with Crippen molar-refractivity contribution in [2.24, 2.45) is 5.84 Å². The van der Waals surface area contributed by atoms with Gasteiger partial charge in [-0.05, 0) is 40.2 Å². The number of hydrazine groups is 1. The van der Waals surface area contributed by atoms with Gasteiger partial charge < -0.3 is 10.7 Å². The van der Waals surface area contributed by atoms with Gasteiger partial charge in [-0.25, -0.2) is 0 Å². The lowest BCUT2D eigenvalue weighted by molar-refractivity contribution is 0.102. The largest absolute Gasteiger partial charge is 0.324 e. The quantitative estimate of drug-likeness (QED) is 0.592. The Hall–Kier alpha value is -1.63. The molecule has 2 aromatic rings. The number of rotatable bonds is 3. The molecule has 4 N–H and O–H groups in total. The number of nitrogens with two attached hydrogens (primary N) is 1. The minimum absolute atomic E-state index is 0.252. The molecule has 0 bridgehead atoms. The number of hydrogen-bond acceptors (Lipinski definition) is 4. The molecule has 7 heteroatoms. The SMILES string of the molecule is NNc1ccnc(C(=O)Nc2cccc(Cl)c2Br)c1. The Morgan fingerprint density at radius 3 is 2.89 bits per heavy atom. The van der Waals surface area contributed by atoms with Crippen LogP contribution in [0.1, 0.15) is 10.5 Å². The molecular weight excluding hydrogens is 332 g/mol. The number of carbonyl (C=O) groups is 1. The van der Waals surface area contributed by atoms with E-state index in [2.05, 4.69) is 31.7 Å². The Morgan fingerprint density at radius 1 is 1.37 bits per heavy atom. The molecule has 0 aliphatic carbocycles. The molecule has 1 aromatic heterocycles. The topological polar surface area (TPSA) is 80.0 Å². The molecule has 1 heterocycles. The van der Waals surface area contributed by atoms with Gasteiger partial charge in [-0.1, -0.05) is 17.7 Å². The summed E-state index contributed by atoms with van der Waals surface area (Å²) < 4.78 is 0.623. The van der Waals surface area contributed by atoms with Gasteiger partial charge in [-0.3, -0.25) is 15.6 Å². The fourth-order valence-electron chi connectivity index (χ4n) is 1.43. The summed E-state index contributed by atoms with van der Waals surface area (Å²) in [5.74, 6) is 4.93. The van der Waals surface area contributed by atoms with Crippen molar-refractivity contribution in [1.82, 2.24) is 4.98 Å². The van der Waals surface area contributed by atoms with Crippen molar-refractivity contribution < 1.29 is 4.79 Å². The van der Waals surface area contributed by atoms with E-state index in [0.717, 1.165) is 0 Å². The van der Waals surface area contributed by atoms with Gasteiger partial charge >= 0.3 is 0 Å². The molecule has 0 unspecified atom stereocenters. The molecule has 0 saturated carbocycles. The predicted molar refractivity (Wildman–Crippen MR) is 79.2 cm³/mol. The Morgan fingerprint density at radius 2 is 2.16 bits per heavy atom. The fourth-order valence-corrected chi connectivity index (χ4v) is 1.97. The Balaban J connectivity index is 2.23. The summed E-state index contributed by atoms with van der Waals surface area (Å²) >= 11 is 9.26. The lowest BCUT2D eigenvalue weighted by Crippen LogP contribution is -2.15. The van der Waals surface area contributed by atoms with E-state index in [9.17, 15) is 4.79 Å². The van der Waals surface area contributed by atoms with Crippen LogP contribution >= 0.6 is 27.5 Å². The van der Waals surface area contributed by atoms with E-state index < -0.39 is 0 Å². The standard InChI is InChI=1S/C12H10BrClN4O/c13-11-8(14)2-1-3-9(11)17-12(19)10-6-7(18-15)4-5-16-10/h1-6H,15H2,(H,16,18)(H,17,19). The van der Waals surface area contributed by atoms with Crippen molar-refractivity contribution in [3.63, 3.8) is 0 Å². The molecule has 19 heavy (non-hydrogen) atoms. The number of amides is 1. The van der Waals surface area contributed by atoms with Crippen molar-refractivity contribution in [2.75, 3.05) is 10.7 Å². The van der Waals surface area contributed by atoms with E-state index >= 15 is 0 Å². The first-order valence-corrected chi connectivity index (χ1v) is 6.47. The number of halogens is 2. The van der Waals surface area contributed by atoms with E-state index in [-0.39, 0.29) is 11.6 Å². The maximum Gasteiger partial charge on any atom is 0.274 e. The van der Waals surface area contributed by atoms with Crippen LogP contribution < -0.4 is 16.6 Å². The smallest absolute Gasteiger partial charge is 0.274 e. The molecule has 98 valence electrons. The molecule has 0 aliphatic rings. The lowest BCUT2D eigenvalue weighted by Gasteiger charge is -2.08. The summed E-state index contributed by atoms with van der Waals surface area (Å²) in [6, 6.07) is 8.41. The van der Waals surface area contributed by atoms with Crippen molar-refractivity contribution in [3.05, 3.63) is 51.7 Å². The van der Waals surface area contributed by atoms with Crippen LogP contribution in [-0.4, -0.2) is 10.9 Å². The maximum atomic E-state index is 12.0. The van der Waals surface area contributed by atoms with Gasteiger partial charge in [0.25, 0.3) is 5.91 Å². The number of anilines is 2. The number of nitrogens with zero attached hydrogens (tertiary/aromatic N) is 1. The van der Waals surface area contributed by atoms with Crippen molar-refractivity contribution >= 4 is 44.8 Å². The summed E-state index contributed by atoms with van der Waals surface area (Å²) in [6.07, 6.45) is 1.50. The Bertz CT molecular complexity index is 620. The predicted octanol–water partition coefficient (Wildman–Crippen LogP) is 3.04. The summed E-state index contributed by atoms with van der Waals surface area (Å²) in [7, 11) is 0. The van der Waals surface area contributed by atoms with E-state index in [4.69, 9.17) is 17.4 Å². The number of carbonyl (C=O) groups excluding carboxylic acids is 1. The van der Waals surface area contributed by atoms with Gasteiger partial charge in [0.2, 0.25) is 0 Å². The second kappa shape index (κ2) is 6.01. The number of nitrogen functional groups attached to an aromatic ring is 1. The first-order chi connectivity index (χ1) is 9.11. The Labute approximate surface area is 123 Å². The molecule has 1 amide bonds. The second-order valence-electron chi connectivity index (χ2n) is 3.63. The van der Waals surface area contributed by atoms with E-state index in [1.807, 2.05) is 0 Å². The summed E-state index contributed by atoms with van der Waals surface area (Å²) in [6.45, 7) is 0. The number of pyridine rings is 1. The Kier molecular flexibility index (Phi) is 4.36. The monoisotopic (exact) mass is 340 g/mol. The molecule has 0 atom stereocenters. The minimum atomic E-state index is -0.347. The zero-order chi connectivity index (χ0) is 13.8. The van der Waals surface area contributed by atoms with Crippen LogP contribution in [0.3, 0.4) is 0 Å². The molecular formula is C12H10BrClN4O. The maximum absolute atomic E-state index is 12.0. The van der Waals surface area contributed by atoms with E-state index in [1.54, 1.807) is 30.3 Å². The number of aromatic nitrogens is 1. The van der Waals surface area contributed by atoms with E-state index in [0.29, 0.717) is 20.9 Å². The third kappa shape index (κ3) is 3.23. The normalized spacial score (nSPS) is 10.1. The van der Waals surface area contributed by atoms with Crippen LogP contribution in [0.25, 0.3) is 0 Å². The van der Waals surface area contributed by atoms with Crippen LogP contribution in [0, 0.1) is 0 Å². The van der Waals surface area contributed by atoms with Gasteiger partial charge in [-0.15, -0.1) is 0 Å². The van der Waals surface area contributed by atoms with Gasteiger partial charge in [0.05, 0.1) is 20.9 Å². The molecule has 0 fully saturated rings. The number of hydrogen-bond donors (Lipinski definition) is 3. The fraction of sp³-hybridized carbons (Fsp3) is 0. The molecule has 0 radical (unpaired) electrons. The van der Waals surface area contributed by atoms with Crippen molar-refractivity contribution in [2.45, 2.75) is 0 Å². The van der Waals surface area contributed by atoms with Crippen LogP contribution in [0.15, 0.2) is 41.0 Å². The van der Waals surface area contributed by atoms with Crippen LogP contribution in [0.4, 0.5) is 11.4 Å². The van der Waals surface area contributed by atoms with Crippen LogP contribution in [-0.2, 0) is 0 Å². The molecule has 0 saturated heterocycles. The van der Waals surface area contributed by atoms with Gasteiger partial charge in [0.1, 0.15) is 5.69 Å². The summed E-state index contributed by atoms with van der Waals surface area (Å²) in [5, 5.41) is 3.23. The van der Waals surface area contributed by atoms with Gasteiger partial charge in [-0.2, -0.15) is 0 Å². The third-order valence-corrected chi connectivity index (χ3v) is 3.76. The first kappa shape index (κ1) is 13.8. The van der Waals surface area contributed by atoms with Crippen LogP contribution in [0.5, 0.6) is 0 Å². The highest BCUT2D eigenvalue weighted by atomic mass is 79.9. The third-order valence-electron chi connectivity index (χ3n) is 2.36. The van der Waals surface area contributed by atoms with Gasteiger partial charge in [0, 0.05) is 6.20 Å². The number of benzene rings is 1. The number of nitrogens with one attached hydrogen (secondary N) is 2. The summed E-state index contributed by atoms with van der Waals surface area (Å²) in [4.78, 5) is 16.0. The van der Waals surface area contributed by atoms with Gasteiger partial charge in [0.15, 0.2) is 0 Å². The highest BCUT2D eigenvalue weighted by molar-refractivity contribution is 9.10. The second-order valence-corrected chi connectivity index (χ2v) is 4.83. The van der Waals surface area contributed by atoms with E-state index in [1.165, 1.54) is 6.20 Å². The minimum Gasteiger partial charge on any atom is -0.324 e. The molecule has 0 aliphatic heterocycles. The highest BCUT2D eigenvalue weighted by Gasteiger charge is 2.11. The zero-order valence-corrected chi connectivity index (χ0v) is 12.0. The molecule has 1 aromatic carbocycles.